The van der Waals surface area contributed by atoms with E-state index in [4.69, 9.17) is 5.26 Å². The number of aromatic nitrogens is 3. The Balaban J connectivity index is 1.86. The highest BCUT2D eigenvalue weighted by Gasteiger charge is 2.17. The highest BCUT2D eigenvalue weighted by molar-refractivity contribution is 5.79. The summed E-state index contributed by atoms with van der Waals surface area (Å²) in [7, 11) is 0. The Hall–Kier alpha value is -3.45. The lowest BCUT2D eigenvalue weighted by atomic mass is 9.97. The number of fused-ring (bicyclic) bond motifs is 1. The van der Waals surface area contributed by atoms with Crippen LogP contribution >= 0.6 is 0 Å². The Morgan fingerprint density at radius 1 is 1.00 bits per heavy atom. The van der Waals surface area contributed by atoms with Gasteiger partial charge in [0.2, 0.25) is 0 Å². The molecule has 0 aliphatic carbocycles. The van der Waals surface area contributed by atoms with E-state index >= 15 is 0 Å². The van der Waals surface area contributed by atoms with Crippen molar-refractivity contribution in [3.63, 3.8) is 0 Å². The fraction of sp³-hybridized carbons (Fsp3) is 0.0500. The molecular weight excluding hydrogens is 296 g/mol. The molecule has 4 aromatic rings. The number of hydrogen-bond acceptors (Lipinski definition) is 3. The monoisotopic (exact) mass is 310 g/mol. The third-order valence-corrected chi connectivity index (χ3v) is 4.11. The molecular formula is C20H14N4. The van der Waals surface area contributed by atoms with Gasteiger partial charge in [0.1, 0.15) is 0 Å². The summed E-state index contributed by atoms with van der Waals surface area (Å²) in [5.74, 6) is 0. The van der Waals surface area contributed by atoms with E-state index in [0.29, 0.717) is 5.56 Å². The van der Waals surface area contributed by atoms with Crippen molar-refractivity contribution < 1.29 is 0 Å². The molecule has 0 fully saturated rings. The van der Waals surface area contributed by atoms with Gasteiger partial charge in [0.05, 0.1) is 29.5 Å². The largest absolute Gasteiger partial charge is 0.326 e. The number of rotatable bonds is 3. The van der Waals surface area contributed by atoms with E-state index < -0.39 is 0 Å². The molecule has 0 saturated carbocycles. The second-order valence-electron chi connectivity index (χ2n) is 5.61. The molecule has 24 heavy (non-hydrogen) atoms. The average Bonchev–Trinajstić information content (AvgIpc) is 3.17. The predicted molar refractivity (Wildman–Crippen MR) is 92.4 cm³/mol. The van der Waals surface area contributed by atoms with E-state index in [9.17, 15) is 0 Å². The van der Waals surface area contributed by atoms with Crippen LogP contribution in [0.15, 0.2) is 79.5 Å². The van der Waals surface area contributed by atoms with Gasteiger partial charge in [0.25, 0.3) is 0 Å². The highest BCUT2D eigenvalue weighted by Crippen LogP contribution is 2.28. The first-order chi connectivity index (χ1) is 11.8. The van der Waals surface area contributed by atoms with Crippen molar-refractivity contribution in [2.75, 3.05) is 0 Å². The topological polar surface area (TPSA) is 54.5 Å². The zero-order chi connectivity index (χ0) is 16.4. The smallest absolute Gasteiger partial charge is 0.0991 e. The minimum absolute atomic E-state index is 0.0302. The van der Waals surface area contributed by atoms with Crippen LogP contribution in [0.1, 0.15) is 22.7 Å². The molecule has 4 heteroatoms. The standard InChI is InChI=1S/C20H14N4/c21-12-15-5-7-16(8-6-15)20(24-10-9-22-14-24)18-11-17-3-1-2-4-19(17)23-13-18/h1-11,13-14,20H. The number of nitrogens with zero attached hydrogens (tertiary/aromatic N) is 4. The Kier molecular flexibility index (Phi) is 3.53. The predicted octanol–water partition coefficient (Wildman–Crippen LogP) is 3.94. The number of nitriles is 1. The Morgan fingerprint density at radius 3 is 2.58 bits per heavy atom. The van der Waals surface area contributed by atoms with Gasteiger partial charge < -0.3 is 4.57 Å². The van der Waals surface area contributed by atoms with Crippen molar-refractivity contribution in [1.82, 2.24) is 14.5 Å². The molecule has 0 bridgehead atoms. The van der Waals surface area contributed by atoms with Gasteiger partial charge in [-0.05, 0) is 35.4 Å². The summed E-state index contributed by atoms with van der Waals surface area (Å²) in [6.45, 7) is 0. The number of hydrogen-bond donors (Lipinski definition) is 0. The van der Waals surface area contributed by atoms with E-state index in [2.05, 4.69) is 28.2 Å². The lowest BCUT2D eigenvalue weighted by Gasteiger charge is -2.20. The van der Waals surface area contributed by atoms with Crippen molar-refractivity contribution in [3.05, 3.63) is 96.2 Å². The summed E-state index contributed by atoms with van der Waals surface area (Å²) in [4.78, 5) is 8.77. The molecule has 2 aromatic carbocycles. The van der Waals surface area contributed by atoms with Crippen molar-refractivity contribution >= 4 is 10.9 Å². The van der Waals surface area contributed by atoms with Crippen molar-refractivity contribution in [3.8, 4) is 6.07 Å². The fourth-order valence-corrected chi connectivity index (χ4v) is 2.94. The third kappa shape index (κ3) is 2.53. The van der Waals surface area contributed by atoms with Crippen LogP contribution in [0.5, 0.6) is 0 Å². The van der Waals surface area contributed by atoms with E-state index in [1.807, 2.05) is 59.4 Å². The van der Waals surface area contributed by atoms with Gasteiger partial charge in [0.15, 0.2) is 0 Å². The third-order valence-electron chi connectivity index (χ3n) is 4.11. The Morgan fingerprint density at radius 2 is 1.83 bits per heavy atom. The van der Waals surface area contributed by atoms with Crippen LogP contribution in [0.4, 0.5) is 0 Å². The van der Waals surface area contributed by atoms with Gasteiger partial charge in [0, 0.05) is 24.0 Å². The van der Waals surface area contributed by atoms with Crippen LogP contribution in [0, 0.1) is 11.3 Å². The lowest BCUT2D eigenvalue weighted by molar-refractivity contribution is 0.675. The van der Waals surface area contributed by atoms with Gasteiger partial charge in [-0.25, -0.2) is 4.98 Å². The molecule has 0 aliphatic rings. The van der Waals surface area contributed by atoms with Crippen molar-refractivity contribution in [2.24, 2.45) is 0 Å². The maximum absolute atomic E-state index is 9.01. The van der Waals surface area contributed by atoms with Crippen LogP contribution in [0.3, 0.4) is 0 Å². The average molecular weight is 310 g/mol. The molecule has 2 heterocycles. The molecule has 0 spiro atoms. The number of imidazole rings is 1. The minimum atomic E-state index is -0.0302. The summed E-state index contributed by atoms with van der Waals surface area (Å²) in [6, 6.07) is 20.0. The van der Waals surface area contributed by atoms with Gasteiger partial charge in [-0.1, -0.05) is 30.3 Å². The second-order valence-corrected chi connectivity index (χ2v) is 5.61. The second kappa shape index (κ2) is 5.98. The number of pyridine rings is 1. The summed E-state index contributed by atoms with van der Waals surface area (Å²) in [5, 5.41) is 10.1. The summed E-state index contributed by atoms with van der Waals surface area (Å²) >= 11 is 0. The molecule has 114 valence electrons. The first-order valence-electron chi connectivity index (χ1n) is 7.67. The summed E-state index contributed by atoms with van der Waals surface area (Å²) in [6.07, 6.45) is 7.42. The molecule has 0 aliphatic heterocycles. The van der Waals surface area contributed by atoms with E-state index in [-0.39, 0.29) is 6.04 Å². The Labute approximate surface area is 139 Å². The van der Waals surface area contributed by atoms with Gasteiger partial charge in [-0.15, -0.1) is 0 Å². The van der Waals surface area contributed by atoms with Crippen LogP contribution < -0.4 is 0 Å². The quantitative estimate of drug-likeness (QED) is 0.576. The maximum Gasteiger partial charge on any atom is 0.0991 e. The molecule has 1 unspecified atom stereocenters. The molecule has 0 saturated heterocycles. The summed E-state index contributed by atoms with van der Waals surface area (Å²) < 4.78 is 2.05. The molecule has 4 rings (SSSR count). The molecule has 4 nitrogen and oxygen atoms in total. The van der Waals surface area contributed by atoms with Crippen molar-refractivity contribution in [2.45, 2.75) is 6.04 Å². The highest BCUT2D eigenvalue weighted by atomic mass is 15.1. The van der Waals surface area contributed by atoms with E-state index in [0.717, 1.165) is 22.0 Å². The minimum Gasteiger partial charge on any atom is -0.326 e. The van der Waals surface area contributed by atoms with Crippen LogP contribution in [-0.4, -0.2) is 14.5 Å². The molecule has 0 N–H and O–H groups in total. The lowest BCUT2D eigenvalue weighted by Crippen LogP contribution is -2.11. The number of benzene rings is 2. The van der Waals surface area contributed by atoms with Crippen molar-refractivity contribution in [1.29, 1.82) is 5.26 Å². The molecule has 2 aromatic heterocycles. The SMILES string of the molecule is N#Cc1ccc(C(c2cnc3ccccc3c2)n2ccnc2)cc1. The first kappa shape index (κ1) is 14.2. The van der Waals surface area contributed by atoms with E-state index in [1.54, 1.807) is 12.5 Å². The molecule has 1 atom stereocenters. The zero-order valence-corrected chi connectivity index (χ0v) is 12.9. The van der Waals surface area contributed by atoms with Gasteiger partial charge in [-0.2, -0.15) is 5.26 Å². The van der Waals surface area contributed by atoms with Crippen LogP contribution in [0.2, 0.25) is 0 Å². The maximum atomic E-state index is 9.01. The van der Waals surface area contributed by atoms with Gasteiger partial charge >= 0.3 is 0 Å². The van der Waals surface area contributed by atoms with E-state index in [1.165, 1.54) is 0 Å². The Bertz CT molecular complexity index is 1010. The summed E-state index contributed by atoms with van der Waals surface area (Å²) in [5.41, 5.74) is 3.80. The first-order valence-corrected chi connectivity index (χ1v) is 7.67. The van der Waals surface area contributed by atoms with Gasteiger partial charge in [-0.3, -0.25) is 4.98 Å². The molecule has 0 radical (unpaired) electrons. The zero-order valence-electron chi connectivity index (χ0n) is 12.9. The normalized spacial score (nSPS) is 12.0. The van der Waals surface area contributed by atoms with Crippen LogP contribution in [-0.2, 0) is 0 Å². The fourth-order valence-electron chi connectivity index (χ4n) is 2.94. The molecule has 0 amide bonds. The van der Waals surface area contributed by atoms with Crippen LogP contribution in [0.25, 0.3) is 10.9 Å². The number of para-hydroxylation sites is 1.